The number of sulfonamides is 1. The van der Waals surface area contributed by atoms with Crippen LogP contribution in [0.2, 0.25) is 0 Å². The molecule has 5 heteroatoms. The Morgan fingerprint density at radius 3 is 2.33 bits per heavy atom. The van der Waals surface area contributed by atoms with Crippen molar-refractivity contribution >= 4 is 15.7 Å². The molecule has 1 atom stereocenters. The van der Waals surface area contributed by atoms with Gasteiger partial charge in [-0.3, -0.25) is 4.72 Å². The summed E-state index contributed by atoms with van der Waals surface area (Å²) in [5.74, 6) is 0. The van der Waals surface area contributed by atoms with E-state index in [0.29, 0.717) is 5.69 Å². The first-order chi connectivity index (χ1) is 9.81. The fourth-order valence-corrected chi connectivity index (χ4v) is 3.24. The molecule has 2 aromatic rings. The summed E-state index contributed by atoms with van der Waals surface area (Å²) in [6.07, 6.45) is 0. The zero-order valence-electron chi connectivity index (χ0n) is 12.4. The molecular formula is C16H20N2O2S. The van der Waals surface area contributed by atoms with Crippen molar-refractivity contribution in [2.24, 2.45) is 5.73 Å². The van der Waals surface area contributed by atoms with Gasteiger partial charge in [-0.25, -0.2) is 8.42 Å². The van der Waals surface area contributed by atoms with Gasteiger partial charge in [-0.05, 0) is 55.7 Å². The van der Waals surface area contributed by atoms with Crippen LogP contribution in [-0.2, 0) is 10.0 Å². The normalized spacial score (nSPS) is 13.0. The molecule has 0 spiro atoms. The summed E-state index contributed by atoms with van der Waals surface area (Å²) in [5, 5.41) is 0. The van der Waals surface area contributed by atoms with E-state index in [4.69, 9.17) is 5.73 Å². The maximum atomic E-state index is 12.5. The molecule has 0 aliphatic rings. The fraction of sp³-hybridized carbons (Fsp3) is 0.250. The third-order valence-corrected chi connectivity index (χ3v) is 4.85. The second-order valence-corrected chi connectivity index (χ2v) is 6.91. The quantitative estimate of drug-likeness (QED) is 0.911. The minimum absolute atomic E-state index is 0.247. The minimum atomic E-state index is -3.61. The van der Waals surface area contributed by atoms with E-state index in [0.717, 1.165) is 16.7 Å². The first-order valence-corrected chi connectivity index (χ1v) is 8.24. The Hall–Kier alpha value is -1.85. The van der Waals surface area contributed by atoms with Gasteiger partial charge in [0, 0.05) is 6.04 Å². The average molecular weight is 304 g/mol. The molecule has 0 saturated carbocycles. The third kappa shape index (κ3) is 3.43. The van der Waals surface area contributed by atoms with Crippen LogP contribution in [0.5, 0.6) is 0 Å². The average Bonchev–Trinajstić information content (AvgIpc) is 2.41. The number of anilines is 1. The Morgan fingerprint density at radius 2 is 1.71 bits per heavy atom. The number of para-hydroxylation sites is 1. The molecule has 112 valence electrons. The Balaban J connectivity index is 2.40. The lowest BCUT2D eigenvalue weighted by molar-refractivity contribution is 0.601. The highest BCUT2D eigenvalue weighted by atomic mass is 32.2. The van der Waals surface area contributed by atoms with Gasteiger partial charge in [-0.15, -0.1) is 0 Å². The molecule has 0 aromatic heterocycles. The number of nitrogens with one attached hydrogen (secondary N) is 1. The van der Waals surface area contributed by atoms with Gasteiger partial charge >= 0.3 is 0 Å². The first-order valence-electron chi connectivity index (χ1n) is 6.76. The molecule has 0 heterocycles. The van der Waals surface area contributed by atoms with E-state index in [1.807, 2.05) is 32.9 Å². The molecule has 0 aliphatic heterocycles. The minimum Gasteiger partial charge on any atom is -0.324 e. The smallest absolute Gasteiger partial charge is 0.261 e. The zero-order chi connectivity index (χ0) is 15.6. The van der Waals surface area contributed by atoms with E-state index in [-0.39, 0.29) is 10.9 Å². The monoisotopic (exact) mass is 304 g/mol. The Kier molecular flexibility index (Phi) is 4.34. The van der Waals surface area contributed by atoms with E-state index in [2.05, 4.69) is 4.72 Å². The van der Waals surface area contributed by atoms with E-state index >= 15 is 0 Å². The van der Waals surface area contributed by atoms with Gasteiger partial charge in [-0.2, -0.15) is 0 Å². The van der Waals surface area contributed by atoms with Crippen LogP contribution in [0.25, 0.3) is 0 Å². The lowest BCUT2D eigenvalue weighted by Gasteiger charge is -2.15. The highest BCUT2D eigenvalue weighted by molar-refractivity contribution is 7.92. The highest BCUT2D eigenvalue weighted by Crippen LogP contribution is 2.24. The van der Waals surface area contributed by atoms with Crippen molar-refractivity contribution < 1.29 is 8.42 Å². The zero-order valence-corrected chi connectivity index (χ0v) is 13.2. The van der Waals surface area contributed by atoms with Crippen LogP contribution in [-0.4, -0.2) is 8.42 Å². The SMILES string of the molecule is Cc1ccc(S(=O)(=O)Nc2ccccc2C(C)N)cc1C. The third-order valence-electron chi connectivity index (χ3n) is 3.48. The first kappa shape index (κ1) is 15.5. The summed E-state index contributed by atoms with van der Waals surface area (Å²) in [7, 11) is -3.61. The van der Waals surface area contributed by atoms with Crippen molar-refractivity contribution in [1.82, 2.24) is 0 Å². The molecule has 1 unspecified atom stereocenters. The van der Waals surface area contributed by atoms with Crippen LogP contribution in [0.1, 0.15) is 29.7 Å². The number of benzene rings is 2. The van der Waals surface area contributed by atoms with Crippen molar-refractivity contribution in [3.63, 3.8) is 0 Å². The summed E-state index contributed by atoms with van der Waals surface area (Å²) in [6.45, 7) is 5.66. The van der Waals surface area contributed by atoms with Gasteiger partial charge in [0.1, 0.15) is 0 Å². The molecule has 2 rings (SSSR count). The molecule has 3 N–H and O–H groups in total. The van der Waals surface area contributed by atoms with Gasteiger partial charge in [0.15, 0.2) is 0 Å². The van der Waals surface area contributed by atoms with Crippen molar-refractivity contribution in [3.8, 4) is 0 Å². The van der Waals surface area contributed by atoms with Gasteiger partial charge in [0.25, 0.3) is 10.0 Å². The van der Waals surface area contributed by atoms with E-state index in [9.17, 15) is 8.42 Å². The summed E-state index contributed by atoms with van der Waals surface area (Å²) in [6, 6.07) is 12.0. The van der Waals surface area contributed by atoms with Crippen LogP contribution in [0.4, 0.5) is 5.69 Å². The second kappa shape index (κ2) is 5.87. The lowest BCUT2D eigenvalue weighted by Crippen LogP contribution is -2.16. The number of rotatable bonds is 4. The fourth-order valence-electron chi connectivity index (χ4n) is 2.07. The number of aryl methyl sites for hydroxylation is 2. The molecule has 0 fully saturated rings. The topological polar surface area (TPSA) is 72.2 Å². The summed E-state index contributed by atoms with van der Waals surface area (Å²) >= 11 is 0. The van der Waals surface area contributed by atoms with Gasteiger partial charge in [0.05, 0.1) is 10.6 Å². The van der Waals surface area contributed by atoms with Crippen LogP contribution in [0, 0.1) is 13.8 Å². The summed E-state index contributed by atoms with van der Waals surface area (Å²) in [4.78, 5) is 0.255. The Labute approximate surface area is 126 Å². The lowest BCUT2D eigenvalue weighted by atomic mass is 10.1. The van der Waals surface area contributed by atoms with Gasteiger partial charge in [-0.1, -0.05) is 24.3 Å². The molecule has 0 bridgehead atoms. The molecule has 0 aliphatic carbocycles. The molecule has 0 amide bonds. The maximum absolute atomic E-state index is 12.5. The largest absolute Gasteiger partial charge is 0.324 e. The van der Waals surface area contributed by atoms with Crippen molar-refractivity contribution in [2.75, 3.05) is 4.72 Å². The number of hydrogen-bond acceptors (Lipinski definition) is 3. The molecule has 4 nitrogen and oxygen atoms in total. The second-order valence-electron chi connectivity index (χ2n) is 5.23. The van der Waals surface area contributed by atoms with Crippen LogP contribution in [0.15, 0.2) is 47.4 Å². The van der Waals surface area contributed by atoms with E-state index in [1.54, 1.807) is 30.3 Å². The Bertz CT molecular complexity index is 753. The van der Waals surface area contributed by atoms with Crippen molar-refractivity contribution in [1.29, 1.82) is 0 Å². The van der Waals surface area contributed by atoms with Crippen molar-refractivity contribution in [3.05, 3.63) is 59.2 Å². The number of hydrogen-bond donors (Lipinski definition) is 2. The van der Waals surface area contributed by atoms with Gasteiger partial charge < -0.3 is 5.73 Å². The molecule has 21 heavy (non-hydrogen) atoms. The molecule has 2 aromatic carbocycles. The van der Waals surface area contributed by atoms with E-state index < -0.39 is 10.0 Å². The van der Waals surface area contributed by atoms with Crippen LogP contribution < -0.4 is 10.5 Å². The predicted molar refractivity (Wildman–Crippen MR) is 85.8 cm³/mol. The maximum Gasteiger partial charge on any atom is 0.261 e. The van der Waals surface area contributed by atoms with Crippen LogP contribution >= 0.6 is 0 Å². The van der Waals surface area contributed by atoms with Crippen LogP contribution in [0.3, 0.4) is 0 Å². The summed E-state index contributed by atoms with van der Waals surface area (Å²) < 4.78 is 27.6. The number of nitrogens with two attached hydrogens (primary N) is 1. The van der Waals surface area contributed by atoms with Crippen molar-refractivity contribution in [2.45, 2.75) is 31.7 Å². The highest BCUT2D eigenvalue weighted by Gasteiger charge is 2.17. The molecule has 0 radical (unpaired) electrons. The predicted octanol–water partition coefficient (Wildman–Crippen LogP) is 3.12. The molecule has 0 saturated heterocycles. The standard InChI is InChI=1S/C16H20N2O2S/c1-11-8-9-14(10-12(11)2)21(19,20)18-16-7-5-4-6-15(16)13(3)17/h4-10,13,18H,17H2,1-3H3. The van der Waals surface area contributed by atoms with Gasteiger partial charge in [0.2, 0.25) is 0 Å². The molecular weight excluding hydrogens is 284 g/mol. The summed E-state index contributed by atoms with van der Waals surface area (Å²) in [5.41, 5.74) is 9.17. The van der Waals surface area contributed by atoms with E-state index in [1.165, 1.54) is 0 Å². The Morgan fingerprint density at radius 1 is 1.05 bits per heavy atom.